The highest BCUT2D eigenvalue weighted by Crippen LogP contribution is 2.28. The van der Waals surface area contributed by atoms with Crippen molar-refractivity contribution in [2.24, 2.45) is 0 Å². The summed E-state index contributed by atoms with van der Waals surface area (Å²) >= 11 is 5.89. The van der Waals surface area contributed by atoms with Crippen LogP contribution in [0, 0.1) is 0 Å². The summed E-state index contributed by atoms with van der Waals surface area (Å²) in [5.41, 5.74) is 1.75. The second kappa shape index (κ2) is 3.71. The van der Waals surface area contributed by atoms with E-state index < -0.39 is 9.84 Å². The van der Waals surface area contributed by atoms with Gasteiger partial charge in [-0.3, -0.25) is 0 Å². The molecule has 1 fully saturated rings. The maximum absolute atomic E-state index is 11.5. The normalized spacial score (nSPS) is 23.2. The topological polar surface area (TPSA) is 52.0 Å². The molecule has 3 rings (SSSR count). The number of aromatic nitrogens is 2. The lowest BCUT2D eigenvalue weighted by atomic mass is 10.2. The average molecular weight is 271 g/mol. The van der Waals surface area contributed by atoms with E-state index in [0.29, 0.717) is 11.4 Å². The first-order valence-corrected chi connectivity index (χ1v) is 7.58. The van der Waals surface area contributed by atoms with Gasteiger partial charge in [-0.25, -0.2) is 13.4 Å². The lowest BCUT2D eigenvalue weighted by Crippen LogP contribution is -2.09. The molecule has 1 saturated heterocycles. The van der Waals surface area contributed by atoms with E-state index in [1.807, 2.05) is 10.6 Å². The standard InChI is InChI=1S/C11H11ClN2O2S/c12-8-1-2-11-10(5-8)13-7-14(11)9-3-4-17(15,16)6-9/h1-2,5,7,9H,3-4,6H2. The maximum atomic E-state index is 11.5. The molecule has 2 heterocycles. The monoisotopic (exact) mass is 270 g/mol. The molecule has 0 bridgehead atoms. The molecule has 0 amide bonds. The van der Waals surface area contributed by atoms with Gasteiger partial charge in [-0.2, -0.15) is 0 Å². The number of hydrogen-bond acceptors (Lipinski definition) is 3. The van der Waals surface area contributed by atoms with Crippen molar-refractivity contribution in [1.82, 2.24) is 9.55 Å². The van der Waals surface area contributed by atoms with Gasteiger partial charge in [0, 0.05) is 5.02 Å². The molecule has 0 aliphatic carbocycles. The largest absolute Gasteiger partial charge is 0.326 e. The van der Waals surface area contributed by atoms with E-state index in [-0.39, 0.29) is 17.5 Å². The van der Waals surface area contributed by atoms with Crippen LogP contribution in [-0.4, -0.2) is 29.5 Å². The summed E-state index contributed by atoms with van der Waals surface area (Å²) in [7, 11) is -2.87. The molecule has 1 unspecified atom stereocenters. The Morgan fingerprint density at radius 1 is 1.41 bits per heavy atom. The molecule has 0 saturated carbocycles. The summed E-state index contributed by atoms with van der Waals surface area (Å²) in [5.74, 6) is 0.478. The molecule has 0 spiro atoms. The van der Waals surface area contributed by atoms with Crippen LogP contribution in [0.3, 0.4) is 0 Å². The zero-order chi connectivity index (χ0) is 12.0. The van der Waals surface area contributed by atoms with E-state index in [4.69, 9.17) is 11.6 Å². The number of sulfone groups is 1. The average Bonchev–Trinajstić information content (AvgIpc) is 2.80. The molecular formula is C11H11ClN2O2S. The third-order valence-electron chi connectivity index (χ3n) is 3.14. The number of fused-ring (bicyclic) bond motifs is 1. The lowest BCUT2D eigenvalue weighted by Gasteiger charge is -2.10. The molecule has 1 aromatic carbocycles. The Labute approximate surface area is 104 Å². The molecule has 1 aliphatic rings. The smallest absolute Gasteiger partial charge is 0.152 e. The third kappa shape index (κ3) is 1.93. The molecule has 0 N–H and O–H groups in total. The van der Waals surface area contributed by atoms with Gasteiger partial charge in [-0.15, -0.1) is 0 Å². The van der Waals surface area contributed by atoms with E-state index in [1.165, 1.54) is 0 Å². The van der Waals surface area contributed by atoms with Gasteiger partial charge < -0.3 is 4.57 Å². The first-order valence-electron chi connectivity index (χ1n) is 5.38. The van der Waals surface area contributed by atoms with Crippen molar-refractivity contribution in [3.8, 4) is 0 Å². The second-order valence-electron chi connectivity index (χ2n) is 4.34. The number of imidazole rings is 1. The third-order valence-corrected chi connectivity index (χ3v) is 5.12. The fourth-order valence-electron chi connectivity index (χ4n) is 2.29. The Hall–Kier alpha value is -1.07. The van der Waals surface area contributed by atoms with E-state index in [2.05, 4.69) is 4.98 Å². The van der Waals surface area contributed by atoms with Gasteiger partial charge in [0.25, 0.3) is 0 Å². The minimum absolute atomic E-state index is 0.00572. The molecule has 4 nitrogen and oxygen atoms in total. The Kier molecular flexibility index (Phi) is 2.41. The summed E-state index contributed by atoms with van der Waals surface area (Å²) in [6, 6.07) is 5.48. The van der Waals surface area contributed by atoms with Gasteiger partial charge in [-0.1, -0.05) is 11.6 Å². The zero-order valence-electron chi connectivity index (χ0n) is 9.01. The lowest BCUT2D eigenvalue weighted by molar-refractivity contribution is 0.568. The zero-order valence-corrected chi connectivity index (χ0v) is 10.6. The van der Waals surface area contributed by atoms with Crippen LogP contribution in [0.4, 0.5) is 0 Å². The van der Waals surface area contributed by atoms with Gasteiger partial charge in [0.05, 0.1) is 34.9 Å². The second-order valence-corrected chi connectivity index (χ2v) is 7.01. The fourth-order valence-corrected chi connectivity index (χ4v) is 4.17. The summed E-state index contributed by atoms with van der Waals surface area (Å²) in [5, 5.41) is 0.641. The highest BCUT2D eigenvalue weighted by molar-refractivity contribution is 7.91. The predicted molar refractivity (Wildman–Crippen MR) is 67.1 cm³/mol. The van der Waals surface area contributed by atoms with Crippen LogP contribution < -0.4 is 0 Å². The minimum Gasteiger partial charge on any atom is -0.326 e. The minimum atomic E-state index is -2.87. The van der Waals surface area contributed by atoms with Crippen molar-refractivity contribution in [1.29, 1.82) is 0 Å². The highest BCUT2D eigenvalue weighted by atomic mass is 35.5. The number of benzene rings is 1. The van der Waals surface area contributed by atoms with Gasteiger partial charge in [-0.05, 0) is 24.6 Å². The van der Waals surface area contributed by atoms with E-state index in [1.54, 1.807) is 18.5 Å². The molecule has 1 aliphatic heterocycles. The Balaban J connectivity index is 2.07. The summed E-state index contributed by atoms with van der Waals surface area (Å²) < 4.78 is 24.9. The summed E-state index contributed by atoms with van der Waals surface area (Å²) in [6.45, 7) is 0. The molecule has 90 valence electrons. The number of nitrogens with zero attached hydrogens (tertiary/aromatic N) is 2. The number of halogens is 1. The first-order chi connectivity index (χ1) is 8.05. The van der Waals surface area contributed by atoms with Crippen LogP contribution in [0.25, 0.3) is 11.0 Å². The van der Waals surface area contributed by atoms with Crippen LogP contribution in [0.5, 0.6) is 0 Å². The maximum Gasteiger partial charge on any atom is 0.152 e. The van der Waals surface area contributed by atoms with Crippen molar-refractivity contribution in [3.63, 3.8) is 0 Å². The van der Waals surface area contributed by atoms with Crippen LogP contribution in [0.15, 0.2) is 24.5 Å². The van der Waals surface area contributed by atoms with Crippen molar-refractivity contribution < 1.29 is 8.42 Å². The van der Waals surface area contributed by atoms with Crippen LogP contribution in [0.2, 0.25) is 5.02 Å². The van der Waals surface area contributed by atoms with Crippen LogP contribution in [0.1, 0.15) is 12.5 Å². The van der Waals surface area contributed by atoms with E-state index >= 15 is 0 Å². The Morgan fingerprint density at radius 2 is 2.24 bits per heavy atom. The van der Waals surface area contributed by atoms with Crippen molar-refractivity contribution in [2.75, 3.05) is 11.5 Å². The fraction of sp³-hybridized carbons (Fsp3) is 0.364. The van der Waals surface area contributed by atoms with Crippen molar-refractivity contribution in [3.05, 3.63) is 29.5 Å². The van der Waals surface area contributed by atoms with Gasteiger partial charge in [0.15, 0.2) is 9.84 Å². The Bertz CT molecular complexity index is 678. The molecular weight excluding hydrogens is 260 g/mol. The van der Waals surface area contributed by atoms with Crippen molar-refractivity contribution in [2.45, 2.75) is 12.5 Å². The Morgan fingerprint density at radius 3 is 2.94 bits per heavy atom. The molecule has 17 heavy (non-hydrogen) atoms. The van der Waals surface area contributed by atoms with Gasteiger partial charge in [0.1, 0.15) is 0 Å². The molecule has 1 atom stereocenters. The quantitative estimate of drug-likeness (QED) is 0.797. The molecule has 1 aromatic heterocycles. The van der Waals surface area contributed by atoms with E-state index in [0.717, 1.165) is 11.0 Å². The molecule has 0 radical (unpaired) electrons. The predicted octanol–water partition coefficient (Wildman–Crippen LogP) is 2.05. The van der Waals surface area contributed by atoms with Crippen LogP contribution in [-0.2, 0) is 9.84 Å². The molecule has 6 heteroatoms. The van der Waals surface area contributed by atoms with Gasteiger partial charge in [0.2, 0.25) is 0 Å². The SMILES string of the molecule is O=S1(=O)CCC(n2cnc3cc(Cl)ccc32)C1. The number of rotatable bonds is 1. The van der Waals surface area contributed by atoms with Gasteiger partial charge >= 0.3 is 0 Å². The summed E-state index contributed by atoms with van der Waals surface area (Å²) in [6.07, 6.45) is 2.36. The van der Waals surface area contributed by atoms with E-state index in [9.17, 15) is 8.42 Å². The summed E-state index contributed by atoms with van der Waals surface area (Å²) in [4.78, 5) is 4.26. The number of hydrogen-bond donors (Lipinski definition) is 0. The van der Waals surface area contributed by atoms with Crippen molar-refractivity contribution >= 4 is 32.5 Å². The highest BCUT2D eigenvalue weighted by Gasteiger charge is 2.29. The van der Waals surface area contributed by atoms with Crippen LogP contribution >= 0.6 is 11.6 Å². The first kappa shape index (κ1) is 11.0. The molecule has 2 aromatic rings.